The first-order chi connectivity index (χ1) is 5.83. The maximum atomic E-state index is 8.26. The minimum absolute atomic E-state index is 0.555. The van der Waals surface area contributed by atoms with Crippen LogP contribution in [0.15, 0.2) is 12.1 Å². The van der Waals surface area contributed by atoms with Gasteiger partial charge in [-0.15, -0.1) is 11.3 Å². The Morgan fingerprint density at radius 1 is 1.58 bits per heavy atom. The molecule has 0 radical (unpaired) electrons. The summed E-state index contributed by atoms with van der Waals surface area (Å²) in [7, 11) is 0. The summed E-state index contributed by atoms with van der Waals surface area (Å²) in [6, 6.07) is 5.95. The quantitative estimate of drug-likeness (QED) is 0.758. The van der Waals surface area contributed by atoms with Crippen molar-refractivity contribution in [2.75, 3.05) is 6.54 Å². The Labute approximate surface area is 80.8 Å². The summed E-state index contributed by atoms with van der Waals surface area (Å²) in [5.74, 6) is 0. The van der Waals surface area contributed by atoms with Gasteiger partial charge in [-0.05, 0) is 12.1 Å². The maximum absolute atomic E-state index is 8.26. The molecular formula is C8H9ClN2S. The van der Waals surface area contributed by atoms with Crippen LogP contribution in [0.3, 0.4) is 0 Å². The maximum Gasteiger partial charge on any atom is 0.0931 e. The van der Waals surface area contributed by atoms with Crippen molar-refractivity contribution in [1.82, 2.24) is 5.32 Å². The average molecular weight is 201 g/mol. The fraction of sp³-hybridized carbons (Fsp3) is 0.375. The molecule has 1 N–H and O–H groups in total. The van der Waals surface area contributed by atoms with Crippen LogP contribution in [0, 0.1) is 11.3 Å². The van der Waals surface area contributed by atoms with E-state index in [0.29, 0.717) is 6.42 Å². The highest BCUT2D eigenvalue weighted by molar-refractivity contribution is 7.16. The number of hydrogen-bond acceptors (Lipinski definition) is 3. The van der Waals surface area contributed by atoms with E-state index < -0.39 is 0 Å². The Bertz CT molecular complexity index is 277. The molecule has 0 aromatic carbocycles. The fourth-order valence-corrected chi connectivity index (χ4v) is 1.86. The molecule has 1 rings (SSSR count). The second-order valence-electron chi connectivity index (χ2n) is 2.29. The van der Waals surface area contributed by atoms with E-state index in [2.05, 4.69) is 11.4 Å². The lowest BCUT2D eigenvalue weighted by Crippen LogP contribution is -2.12. The molecule has 0 saturated heterocycles. The molecule has 2 nitrogen and oxygen atoms in total. The second kappa shape index (κ2) is 5.15. The van der Waals surface area contributed by atoms with Gasteiger partial charge < -0.3 is 5.32 Å². The number of nitrogens with one attached hydrogen (secondary N) is 1. The van der Waals surface area contributed by atoms with Crippen molar-refractivity contribution in [2.24, 2.45) is 0 Å². The first kappa shape index (κ1) is 9.53. The van der Waals surface area contributed by atoms with Crippen LogP contribution < -0.4 is 5.32 Å². The molecule has 0 amide bonds. The van der Waals surface area contributed by atoms with E-state index in [1.165, 1.54) is 4.88 Å². The Morgan fingerprint density at radius 3 is 3.00 bits per heavy atom. The van der Waals surface area contributed by atoms with Crippen molar-refractivity contribution in [3.63, 3.8) is 0 Å². The smallest absolute Gasteiger partial charge is 0.0931 e. The van der Waals surface area contributed by atoms with Crippen LogP contribution in [0.4, 0.5) is 0 Å². The van der Waals surface area contributed by atoms with E-state index in [4.69, 9.17) is 16.9 Å². The Hall–Kier alpha value is -0.560. The normalized spacial score (nSPS) is 9.67. The summed E-state index contributed by atoms with van der Waals surface area (Å²) < 4.78 is 0.812. The molecule has 4 heteroatoms. The molecule has 0 aliphatic carbocycles. The lowest BCUT2D eigenvalue weighted by molar-refractivity contribution is 0.706. The molecule has 0 aliphatic rings. The lowest BCUT2D eigenvalue weighted by atomic mass is 10.4. The molecule has 0 fully saturated rings. The fourth-order valence-electron chi connectivity index (χ4n) is 0.803. The van der Waals surface area contributed by atoms with E-state index in [9.17, 15) is 0 Å². The van der Waals surface area contributed by atoms with Crippen LogP contribution in [0.25, 0.3) is 0 Å². The molecule has 1 aromatic rings. The van der Waals surface area contributed by atoms with Crippen LogP contribution in [0.5, 0.6) is 0 Å². The number of hydrogen-bond donors (Lipinski definition) is 1. The average Bonchev–Trinajstić information content (AvgIpc) is 2.45. The van der Waals surface area contributed by atoms with Gasteiger partial charge in [0.1, 0.15) is 0 Å². The number of thiophene rings is 1. The summed E-state index contributed by atoms with van der Waals surface area (Å²) in [6.07, 6.45) is 0.555. The van der Waals surface area contributed by atoms with Gasteiger partial charge in [0.2, 0.25) is 0 Å². The molecule has 0 unspecified atom stereocenters. The first-order valence-corrected chi connectivity index (χ1v) is 4.84. The van der Waals surface area contributed by atoms with E-state index in [-0.39, 0.29) is 0 Å². The third-order valence-electron chi connectivity index (χ3n) is 1.34. The van der Waals surface area contributed by atoms with Gasteiger partial charge >= 0.3 is 0 Å². The minimum Gasteiger partial charge on any atom is -0.311 e. The molecule has 64 valence electrons. The molecule has 0 aliphatic heterocycles. The van der Waals surface area contributed by atoms with E-state index in [0.717, 1.165) is 17.4 Å². The Kier molecular flexibility index (Phi) is 4.09. The third-order valence-corrected chi connectivity index (χ3v) is 2.57. The standard InChI is InChI=1S/C8H9ClN2S/c9-8-3-2-7(12-8)6-11-5-1-4-10/h2-3,11H,1,5-6H2. The van der Waals surface area contributed by atoms with Crippen molar-refractivity contribution in [3.05, 3.63) is 21.3 Å². The molecule has 12 heavy (non-hydrogen) atoms. The molecule has 1 heterocycles. The number of nitriles is 1. The summed E-state index contributed by atoms with van der Waals surface area (Å²) in [5.41, 5.74) is 0. The van der Waals surface area contributed by atoms with Crippen molar-refractivity contribution >= 4 is 22.9 Å². The van der Waals surface area contributed by atoms with Crippen molar-refractivity contribution in [1.29, 1.82) is 5.26 Å². The monoisotopic (exact) mass is 200 g/mol. The van der Waals surface area contributed by atoms with Gasteiger partial charge in [-0.1, -0.05) is 11.6 Å². The molecule has 0 bridgehead atoms. The van der Waals surface area contributed by atoms with E-state index >= 15 is 0 Å². The third kappa shape index (κ3) is 3.22. The molecule has 0 spiro atoms. The van der Waals surface area contributed by atoms with Gasteiger partial charge in [-0.25, -0.2) is 0 Å². The van der Waals surface area contributed by atoms with Gasteiger partial charge in [0.05, 0.1) is 10.4 Å². The lowest BCUT2D eigenvalue weighted by Gasteiger charge is -1.97. The summed E-state index contributed by atoms with van der Waals surface area (Å²) >= 11 is 7.30. The number of nitrogens with zero attached hydrogens (tertiary/aromatic N) is 1. The molecule has 1 aromatic heterocycles. The van der Waals surface area contributed by atoms with Crippen LogP contribution >= 0.6 is 22.9 Å². The van der Waals surface area contributed by atoms with Crippen molar-refractivity contribution in [3.8, 4) is 6.07 Å². The Balaban J connectivity index is 2.21. The summed E-state index contributed by atoms with van der Waals surface area (Å²) in [5, 5.41) is 11.4. The minimum atomic E-state index is 0.555. The van der Waals surface area contributed by atoms with Gasteiger partial charge in [0, 0.05) is 24.4 Å². The summed E-state index contributed by atoms with van der Waals surface area (Å²) in [4.78, 5) is 1.21. The highest BCUT2D eigenvalue weighted by atomic mass is 35.5. The topological polar surface area (TPSA) is 35.8 Å². The van der Waals surface area contributed by atoms with Crippen LogP contribution in [-0.4, -0.2) is 6.54 Å². The highest BCUT2D eigenvalue weighted by Gasteiger charge is 1.95. The largest absolute Gasteiger partial charge is 0.311 e. The zero-order valence-corrected chi connectivity index (χ0v) is 8.08. The molecule has 0 atom stereocenters. The van der Waals surface area contributed by atoms with Gasteiger partial charge in [-0.3, -0.25) is 0 Å². The first-order valence-electron chi connectivity index (χ1n) is 3.65. The number of rotatable bonds is 4. The Morgan fingerprint density at radius 2 is 2.42 bits per heavy atom. The van der Waals surface area contributed by atoms with Crippen LogP contribution in [0.1, 0.15) is 11.3 Å². The van der Waals surface area contributed by atoms with E-state index in [1.807, 2.05) is 12.1 Å². The van der Waals surface area contributed by atoms with Gasteiger partial charge in [-0.2, -0.15) is 5.26 Å². The number of halogens is 1. The van der Waals surface area contributed by atoms with Crippen molar-refractivity contribution < 1.29 is 0 Å². The molecular weight excluding hydrogens is 192 g/mol. The SMILES string of the molecule is N#CCCNCc1ccc(Cl)s1. The highest BCUT2D eigenvalue weighted by Crippen LogP contribution is 2.20. The summed E-state index contributed by atoms with van der Waals surface area (Å²) in [6.45, 7) is 1.55. The van der Waals surface area contributed by atoms with Gasteiger partial charge in [0.15, 0.2) is 0 Å². The zero-order valence-electron chi connectivity index (χ0n) is 6.51. The van der Waals surface area contributed by atoms with Gasteiger partial charge in [0.25, 0.3) is 0 Å². The predicted molar refractivity (Wildman–Crippen MR) is 51.3 cm³/mol. The van der Waals surface area contributed by atoms with E-state index in [1.54, 1.807) is 11.3 Å². The van der Waals surface area contributed by atoms with Crippen LogP contribution in [-0.2, 0) is 6.54 Å². The predicted octanol–water partition coefficient (Wildman–Crippen LogP) is 2.40. The van der Waals surface area contributed by atoms with Crippen LogP contribution in [0.2, 0.25) is 4.34 Å². The zero-order chi connectivity index (χ0) is 8.81. The molecule has 0 saturated carbocycles. The second-order valence-corrected chi connectivity index (χ2v) is 4.09. The van der Waals surface area contributed by atoms with Crippen molar-refractivity contribution in [2.45, 2.75) is 13.0 Å².